The molecule has 1 unspecified atom stereocenters. The number of benzene rings is 1. The van der Waals surface area contributed by atoms with Gasteiger partial charge in [-0.3, -0.25) is 4.79 Å². The Balaban J connectivity index is 1.67. The van der Waals surface area contributed by atoms with E-state index in [4.69, 9.17) is 0 Å². The molecule has 0 aliphatic carbocycles. The molecule has 1 aliphatic heterocycles. The second-order valence-corrected chi connectivity index (χ2v) is 6.75. The van der Waals surface area contributed by atoms with Crippen molar-refractivity contribution in [3.05, 3.63) is 56.5 Å². The van der Waals surface area contributed by atoms with Crippen LogP contribution in [0.2, 0.25) is 0 Å². The van der Waals surface area contributed by atoms with Gasteiger partial charge in [0.25, 0.3) is 5.56 Å². The number of fused-ring (bicyclic) bond motifs is 2. The van der Waals surface area contributed by atoms with Gasteiger partial charge in [0.15, 0.2) is 6.67 Å². The van der Waals surface area contributed by atoms with E-state index in [0.29, 0.717) is 23.6 Å². The normalized spacial score (nSPS) is 21.0. The van der Waals surface area contributed by atoms with Gasteiger partial charge in [0, 0.05) is 16.9 Å². The van der Waals surface area contributed by atoms with Crippen molar-refractivity contribution in [2.75, 3.05) is 6.54 Å². The molecule has 0 fully saturated rings. The molecule has 1 aliphatic rings. The summed E-state index contributed by atoms with van der Waals surface area (Å²) in [5.41, 5.74) is 2.01. The second kappa shape index (κ2) is 5.30. The van der Waals surface area contributed by atoms with Gasteiger partial charge in [-0.1, -0.05) is 17.3 Å². The standard InChI is InChI=1S/C16H16N4OS/c1-11-12-7-9-22-15(12)6-8-19(11)10-20-16(21)13-4-2-3-5-14(13)17-18-20/h2-5,7,9,11H,6,8,10H2,1H3/p+1/t11-/m0/s1. The molecule has 3 heterocycles. The molecular formula is C16H17N4OS+. The summed E-state index contributed by atoms with van der Waals surface area (Å²) in [6.07, 6.45) is 1.07. The van der Waals surface area contributed by atoms with Gasteiger partial charge in [0.05, 0.1) is 11.9 Å². The Morgan fingerprint density at radius 1 is 1.36 bits per heavy atom. The van der Waals surface area contributed by atoms with Gasteiger partial charge >= 0.3 is 0 Å². The smallest absolute Gasteiger partial charge is 0.282 e. The molecule has 2 atom stereocenters. The Labute approximate surface area is 131 Å². The van der Waals surface area contributed by atoms with Gasteiger partial charge in [-0.05, 0) is 30.5 Å². The van der Waals surface area contributed by atoms with Crippen molar-refractivity contribution < 1.29 is 4.90 Å². The molecule has 112 valence electrons. The van der Waals surface area contributed by atoms with Crippen LogP contribution in [0.3, 0.4) is 0 Å². The van der Waals surface area contributed by atoms with Gasteiger partial charge in [-0.15, -0.1) is 16.4 Å². The van der Waals surface area contributed by atoms with Crippen molar-refractivity contribution in [1.82, 2.24) is 15.0 Å². The minimum atomic E-state index is -0.0542. The fraction of sp³-hybridized carbons (Fsp3) is 0.312. The molecule has 2 aromatic heterocycles. The number of thiophene rings is 1. The lowest BCUT2D eigenvalue weighted by Crippen LogP contribution is -3.12. The van der Waals surface area contributed by atoms with Crippen LogP contribution in [0.15, 0.2) is 40.5 Å². The summed E-state index contributed by atoms with van der Waals surface area (Å²) in [7, 11) is 0. The minimum Gasteiger partial charge on any atom is -0.310 e. The monoisotopic (exact) mass is 313 g/mol. The maximum atomic E-state index is 12.6. The zero-order valence-electron chi connectivity index (χ0n) is 12.3. The van der Waals surface area contributed by atoms with Crippen molar-refractivity contribution in [1.29, 1.82) is 0 Å². The molecule has 1 N–H and O–H groups in total. The van der Waals surface area contributed by atoms with Crippen molar-refractivity contribution in [3.8, 4) is 0 Å². The fourth-order valence-electron chi connectivity index (χ4n) is 3.19. The molecule has 0 saturated carbocycles. The first-order valence-electron chi connectivity index (χ1n) is 7.47. The number of hydrogen-bond acceptors (Lipinski definition) is 4. The van der Waals surface area contributed by atoms with Gasteiger partial charge in [0.1, 0.15) is 11.6 Å². The SMILES string of the molecule is C[C@H]1c2ccsc2CC[NH+]1Cn1nnc2ccccc2c1=O. The van der Waals surface area contributed by atoms with Crippen LogP contribution in [0.1, 0.15) is 23.4 Å². The highest BCUT2D eigenvalue weighted by molar-refractivity contribution is 7.10. The molecule has 6 heteroatoms. The third-order valence-electron chi connectivity index (χ3n) is 4.51. The lowest BCUT2D eigenvalue weighted by atomic mass is 10.0. The Morgan fingerprint density at radius 3 is 3.14 bits per heavy atom. The van der Waals surface area contributed by atoms with Crippen LogP contribution >= 0.6 is 11.3 Å². The van der Waals surface area contributed by atoms with Crippen LogP contribution in [0, 0.1) is 0 Å². The summed E-state index contributed by atoms with van der Waals surface area (Å²) in [5, 5.41) is 11.1. The number of nitrogens with one attached hydrogen (secondary N) is 1. The average Bonchev–Trinajstić information content (AvgIpc) is 3.02. The lowest BCUT2D eigenvalue weighted by molar-refractivity contribution is -0.954. The largest absolute Gasteiger partial charge is 0.310 e. The van der Waals surface area contributed by atoms with Gasteiger partial charge in [-0.2, -0.15) is 4.68 Å². The van der Waals surface area contributed by atoms with Crippen LogP contribution < -0.4 is 10.5 Å². The van der Waals surface area contributed by atoms with Crippen LogP contribution in [0.25, 0.3) is 10.9 Å². The maximum absolute atomic E-state index is 12.6. The molecule has 22 heavy (non-hydrogen) atoms. The summed E-state index contributed by atoms with van der Waals surface area (Å²) in [6, 6.07) is 9.96. The predicted octanol–water partition coefficient (Wildman–Crippen LogP) is 1.01. The second-order valence-electron chi connectivity index (χ2n) is 5.75. The number of quaternary nitrogens is 1. The van der Waals surface area contributed by atoms with Gasteiger partial charge < -0.3 is 4.90 Å². The molecule has 1 aromatic carbocycles. The van der Waals surface area contributed by atoms with E-state index in [1.807, 2.05) is 35.6 Å². The zero-order chi connectivity index (χ0) is 15.1. The van der Waals surface area contributed by atoms with E-state index >= 15 is 0 Å². The summed E-state index contributed by atoms with van der Waals surface area (Å²) >= 11 is 1.83. The van der Waals surface area contributed by atoms with Crippen molar-refractivity contribution in [2.45, 2.75) is 26.1 Å². The molecule has 0 amide bonds. The molecular weight excluding hydrogens is 296 g/mol. The number of nitrogens with zero attached hydrogens (tertiary/aromatic N) is 3. The van der Waals surface area contributed by atoms with E-state index in [-0.39, 0.29) is 5.56 Å². The van der Waals surface area contributed by atoms with Crippen LogP contribution in [-0.2, 0) is 13.1 Å². The van der Waals surface area contributed by atoms with E-state index in [1.54, 1.807) is 0 Å². The van der Waals surface area contributed by atoms with E-state index < -0.39 is 0 Å². The summed E-state index contributed by atoms with van der Waals surface area (Å²) < 4.78 is 1.51. The van der Waals surface area contributed by atoms with E-state index in [9.17, 15) is 4.79 Å². The maximum Gasteiger partial charge on any atom is 0.282 e. The quantitative estimate of drug-likeness (QED) is 0.768. The van der Waals surface area contributed by atoms with Gasteiger partial charge in [0.2, 0.25) is 0 Å². The Bertz CT molecular complexity index is 885. The fourth-order valence-corrected chi connectivity index (χ4v) is 4.17. The predicted molar refractivity (Wildman–Crippen MR) is 86.1 cm³/mol. The molecule has 3 aromatic rings. The molecule has 5 nitrogen and oxygen atoms in total. The topological polar surface area (TPSA) is 52.2 Å². The average molecular weight is 313 g/mol. The first-order chi connectivity index (χ1) is 10.7. The van der Waals surface area contributed by atoms with E-state index in [1.165, 1.54) is 20.0 Å². The highest BCUT2D eigenvalue weighted by Crippen LogP contribution is 2.24. The highest BCUT2D eigenvalue weighted by Gasteiger charge is 2.28. The number of hydrogen-bond donors (Lipinski definition) is 1. The Kier molecular flexibility index (Phi) is 3.28. The van der Waals surface area contributed by atoms with Crippen LogP contribution in [0.5, 0.6) is 0 Å². The molecule has 0 bridgehead atoms. The van der Waals surface area contributed by atoms with E-state index in [2.05, 4.69) is 28.7 Å². The first kappa shape index (κ1) is 13.6. The number of aromatic nitrogens is 3. The summed E-state index contributed by atoms with van der Waals surface area (Å²) in [5.74, 6) is 0. The first-order valence-corrected chi connectivity index (χ1v) is 8.35. The Morgan fingerprint density at radius 2 is 2.23 bits per heavy atom. The van der Waals surface area contributed by atoms with Gasteiger partial charge in [-0.25, -0.2) is 0 Å². The van der Waals surface area contributed by atoms with Crippen LogP contribution in [-0.4, -0.2) is 21.5 Å². The van der Waals surface area contributed by atoms with Crippen LogP contribution in [0.4, 0.5) is 0 Å². The minimum absolute atomic E-state index is 0.0542. The molecule has 4 rings (SSSR count). The van der Waals surface area contributed by atoms with Crippen molar-refractivity contribution in [3.63, 3.8) is 0 Å². The molecule has 0 spiro atoms. The Hall–Kier alpha value is -2.05. The number of rotatable bonds is 2. The molecule has 0 radical (unpaired) electrons. The highest BCUT2D eigenvalue weighted by atomic mass is 32.1. The van der Waals surface area contributed by atoms with E-state index in [0.717, 1.165) is 13.0 Å². The van der Waals surface area contributed by atoms with Crippen molar-refractivity contribution >= 4 is 22.2 Å². The third-order valence-corrected chi connectivity index (χ3v) is 5.51. The molecule has 0 saturated heterocycles. The zero-order valence-corrected chi connectivity index (χ0v) is 13.1. The lowest BCUT2D eigenvalue weighted by Gasteiger charge is -2.30. The summed E-state index contributed by atoms with van der Waals surface area (Å²) in [6.45, 7) is 3.81. The van der Waals surface area contributed by atoms with Crippen molar-refractivity contribution in [2.24, 2.45) is 0 Å². The summed E-state index contributed by atoms with van der Waals surface area (Å²) in [4.78, 5) is 15.4. The third kappa shape index (κ3) is 2.15.